The highest BCUT2D eigenvalue weighted by Crippen LogP contribution is 2.40. The van der Waals surface area contributed by atoms with Crippen LogP contribution in [0.5, 0.6) is 5.75 Å². The fourth-order valence-corrected chi connectivity index (χ4v) is 3.51. The SMILES string of the molecule is CCC1=NC=C(C(=O)c2cc(C(C)(C)C)c(O)c(C(C)(C)C)c2)C1=S=O. The largest absolute Gasteiger partial charge is 0.507 e. The lowest BCUT2D eigenvalue weighted by atomic mass is 9.77. The van der Waals surface area contributed by atoms with Crippen LogP contribution in [0.1, 0.15) is 76.4 Å². The molecule has 0 bridgehead atoms. The van der Waals surface area contributed by atoms with Crippen molar-refractivity contribution < 1.29 is 14.1 Å². The van der Waals surface area contributed by atoms with E-state index in [1.165, 1.54) is 6.20 Å². The van der Waals surface area contributed by atoms with E-state index < -0.39 is 0 Å². The minimum atomic E-state index is -0.324. The van der Waals surface area contributed by atoms with Crippen molar-refractivity contribution in [3.05, 3.63) is 40.6 Å². The zero-order chi connectivity index (χ0) is 19.9. The third kappa shape index (κ3) is 3.73. The molecular weight excluding hydrogens is 346 g/mol. The molecule has 0 saturated carbocycles. The number of phenolic OH excluding ortho intramolecular Hbond substituents is 1. The van der Waals surface area contributed by atoms with Crippen LogP contribution < -0.4 is 0 Å². The molecule has 0 aliphatic carbocycles. The average molecular weight is 374 g/mol. The number of benzene rings is 1. The molecule has 0 aromatic heterocycles. The molecule has 0 spiro atoms. The van der Waals surface area contributed by atoms with Gasteiger partial charge in [0.25, 0.3) is 0 Å². The van der Waals surface area contributed by atoms with Gasteiger partial charge in [0.2, 0.25) is 0 Å². The van der Waals surface area contributed by atoms with E-state index in [1.807, 2.05) is 48.5 Å². The molecule has 1 heterocycles. The van der Waals surface area contributed by atoms with Crippen LogP contribution in [-0.4, -0.2) is 25.7 Å². The molecule has 1 aromatic rings. The molecule has 0 unspecified atom stereocenters. The Labute approximate surface area is 159 Å². The summed E-state index contributed by atoms with van der Waals surface area (Å²) in [6, 6.07) is 3.48. The van der Waals surface area contributed by atoms with Gasteiger partial charge < -0.3 is 5.11 Å². The molecule has 4 nitrogen and oxygen atoms in total. The summed E-state index contributed by atoms with van der Waals surface area (Å²) in [5.41, 5.74) is 2.26. The molecule has 0 amide bonds. The third-order valence-electron chi connectivity index (χ3n) is 4.51. The van der Waals surface area contributed by atoms with Gasteiger partial charge in [0, 0.05) is 22.9 Å². The van der Waals surface area contributed by atoms with Crippen LogP contribution in [0.3, 0.4) is 0 Å². The van der Waals surface area contributed by atoms with Gasteiger partial charge in [-0.25, -0.2) is 4.21 Å². The lowest BCUT2D eigenvalue weighted by Crippen LogP contribution is -2.21. The Hall–Kier alpha value is -2.01. The van der Waals surface area contributed by atoms with E-state index in [9.17, 15) is 14.1 Å². The Balaban J connectivity index is 2.64. The van der Waals surface area contributed by atoms with Crippen LogP contribution in [-0.2, 0) is 22.1 Å². The van der Waals surface area contributed by atoms with Crippen molar-refractivity contribution in [2.24, 2.45) is 4.99 Å². The second kappa shape index (κ2) is 6.95. The second-order valence-electron chi connectivity index (χ2n) is 8.63. The maximum atomic E-state index is 13.2. The van der Waals surface area contributed by atoms with Crippen molar-refractivity contribution in [2.75, 3.05) is 0 Å². The fraction of sp³-hybridized carbons (Fsp3) is 0.476. The smallest absolute Gasteiger partial charge is 0.196 e. The number of allylic oxidation sites excluding steroid dienone is 1. The number of carbonyl (C=O) groups excluding carboxylic acids is 1. The predicted octanol–water partition coefficient (Wildman–Crippen LogP) is 4.30. The summed E-state index contributed by atoms with van der Waals surface area (Å²) in [6.45, 7) is 13.9. The van der Waals surface area contributed by atoms with Crippen molar-refractivity contribution in [1.29, 1.82) is 0 Å². The molecule has 1 aliphatic rings. The van der Waals surface area contributed by atoms with Crippen molar-refractivity contribution in [2.45, 2.75) is 65.7 Å². The second-order valence-corrected chi connectivity index (χ2v) is 9.21. The van der Waals surface area contributed by atoms with E-state index in [4.69, 9.17) is 0 Å². The molecule has 1 aliphatic heterocycles. The number of hydrogen-bond acceptors (Lipinski definition) is 4. The first-order chi connectivity index (χ1) is 11.9. The Kier molecular flexibility index (Phi) is 5.43. The van der Waals surface area contributed by atoms with Crippen LogP contribution in [0.15, 0.2) is 28.9 Å². The van der Waals surface area contributed by atoms with E-state index in [-0.39, 0.29) is 22.4 Å². The number of Topliss-reactive ketones (excluding diaryl/α,β-unsaturated/α-hetero) is 1. The molecule has 140 valence electrons. The van der Waals surface area contributed by atoms with Gasteiger partial charge in [-0.3, -0.25) is 9.79 Å². The van der Waals surface area contributed by atoms with E-state index in [0.717, 1.165) is 11.1 Å². The molecule has 2 rings (SSSR count). The maximum Gasteiger partial charge on any atom is 0.196 e. The highest BCUT2D eigenvalue weighted by molar-refractivity contribution is 7.69. The highest BCUT2D eigenvalue weighted by Gasteiger charge is 2.30. The lowest BCUT2D eigenvalue weighted by Gasteiger charge is -2.28. The summed E-state index contributed by atoms with van der Waals surface area (Å²) in [7, 11) is 0. The summed E-state index contributed by atoms with van der Waals surface area (Å²) < 4.78 is 11.5. The normalized spacial score (nSPS) is 15.0. The van der Waals surface area contributed by atoms with Gasteiger partial charge in [-0.1, -0.05) is 48.5 Å². The van der Waals surface area contributed by atoms with Crippen molar-refractivity contribution >= 4 is 27.6 Å². The zero-order valence-corrected chi connectivity index (χ0v) is 17.4. The van der Waals surface area contributed by atoms with Gasteiger partial charge in [-0.2, -0.15) is 0 Å². The highest BCUT2D eigenvalue weighted by atomic mass is 32.1. The Bertz CT molecular complexity index is 838. The van der Waals surface area contributed by atoms with Crippen LogP contribution in [0.4, 0.5) is 0 Å². The summed E-state index contributed by atoms with van der Waals surface area (Å²) in [5.74, 6) is 0.00130. The quantitative estimate of drug-likeness (QED) is 0.634. The van der Waals surface area contributed by atoms with Crippen LogP contribution in [0.2, 0.25) is 0 Å². The van der Waals surface area contributed by atoms with Gasteiger partial charge in [0.05, 0.1) is 22.5 Å². The monoisotopic (exact) mass is 373 g/mol. The Morgan fingerprint density at radius 2 is 1.58 bits per heavy atom. The van der Waals surface area contributed by atoms with E-state index >= 15 is 0 Å². The maximum absolute atomic E-state index is 13.2. The molecule has 1 N–H and O–H groups in total. The first-order valence-corrected chi connectivity index (χ1v) is 9.53. The average Bonchev–Trinajstić information content (AvgIpc) is 2.94. The van der Waals surface area contributed by atoms with E-state index in [0.29, 0.717) is 39.4 Å². The number of nitrogens with zero attached hydrogens (tertiary/aromatic N) is 1. The number of rotatable bonds is 3. The van der Waals surface area contributed by atoms with Crippen molar-refractivity contribution in [3.8, 4) is 5.75 Å². The van der Waals surface area contributed by atoms with Crippen molar-refractivity contribution in [1.82, 2.24) is 0 Å². The summed E-state index contributed by atoms with van der Waals surface area (Å²) in [5, 5.41) is 10.8. The molecule has 0 saturated heterocycles. The molecular formula is C21H27NO3S. The van der Waals surface area contributed by atoms with Gasteiger partial charge in [0.1, 0.15) is 10.6 Å². The van der Waals surface area contributed by atoms with E-state index in [2.05, 4.69) is 4.99 Å². The summed E-state index contributed by atoms with van der Waals surface area (Å²) in [4.78, 5) is 17.8. The van der Waals surface area contributed by atoms with E-state index in [1.54, 1.807) is 12.1 Å². The molecule has 0 radical (unpaired) electrons. The van der Waals surface area contributed by atoms with Crippen LogP contribution >= 0.6 is 0 Å². The molecule has 5 heteroatoms. The summed E-state index contributed by atoms with van der Waals surface area (Å²) in [6.07, 6.45) is 2.09. The minimum Gasteiger partial charge on any atom is -0.507 e. The number of aliphatic imine (C=N–C) groups is 1. The van der Waals surface area contributed by atoms with Gasteiger partial charge >= 0.3 is 0 Å². The number of carbonyl (C=O) groups is 1. The third-order valence-corrected chi connectivity index (χ3v) is 5.13. The number of phenols is 1. The number of hydrogen-bond donors (Lipinski definition) is 1. The number of ketones is 1. The fourth-order valence-electron chi connectivity index (χ4n) is 2.99. The van der Waals surface area contributed by atoms with Gasteiger partial charge in [0.15, 0.2) is 5.78 Å². The standard InChI is InChI=1S/C21H27NO3S/c1-8-16-19(26-25)13(11-22-16)17(23)12-9-14(20(2,3)4)18(24)15(10-12)21(5,6)7/h9-11,24H,8H2,1-7H3. The minimum absolute atomic E-state index is 0.230. The zero-order valence-electron chi connectivity index (χ0n) is 16.6. The predicted molar refractivity (Wildman–Crippen MR) is 109 cm³/mol. The van der Waals surface area contributed by atoms with Gasteiger partial charge in [-0.15, -0.1) is 0 Å². The first kappa shape index (κ1) is 20.3. The topological polar surface area (TPSA) is 66.7 Å². The molecule has 1 aromatic carbocycles. The first-order valence-electron chi connectivity index (χ1n) is 8.78. The molecule has 26 heavy (non-hydrogen) atoms. The Morgan fingerprint density at radius 1 is 1.08 bits per heavy atom. The lowest BCUT2D eigenvalue weighted by molar-refractivity contribution is 0.104. The molecule has 0 atom stereocenters. The molecule has 0 fully saturated rings. The Morgan fingerprint density at radius 3 is 1.96 bits per heavy atom. The summed E-state index contributed by atoms with van der Waals surface area (Å²) >= 11 is 0.316. The number of aromatic hydroxyl groups is 1. The van der Waals surface area contributed by atoms with Gasteiger partial charge in [-0.05, 0) is 29.4 Å². The van der Waals surface area contributed by atoms with Crippen LogP contribution in [0, 0.1) is 0 Å². The van der Waals surface area contributed by atoms with Crippen molar-refractivity contribution in [3.63, 3.8) is 0 Å². The van der Waals surface area contributed by atoms with Crippen LogP contribution in [0.25, 0.3) is 0 Å².